The minimum absolute atomic E-state index is 0.130. The molecule has 0 bridgehead atoms. The molecular weight excluding hydrogens is 316 g/mol. The standard InChI is InChI=1S/C19H22N4O2/c1-22-16(24)9-23(18(22)25)11-19-8-15-12(5-3-7-20-15)13-4-2-6-14(17(13)19)21-10-19/h2,4,6,10,12,15,20H,3,5,7-9,11H2,1H3/t12-,15-,19?/m1/s1. The number of hydrogen-bond donors (Lipinski definition) is 1. The van der Waals surface area contributed by atoms with Gasteiger partial charge in [0.15, 0.2) is 0 Å². The fourth-order valence-electron chi connectivity index (χ4n) is 5.17. The zero-order valence-corrected chi connectivity index (χ0v) is 14.4. The summed E-state index contributed by atoms with van der Waals surface area (Å²) in [6.45, 7) is 1.75. The lowest BCUT2D eigenvalue weighted by atomic mass is 9.63. The number of urea groups is 1. The topological polar surface area (TPSA) is 65.0 Å². The van der Waals surface area contributed by atoms with Crippen molar-refractivity contribution in [3.63, 3.8) is 0 Å². The molecule has 0 spiro atoms. The normalized spacial score (nSPS) is 33.0. The predicted molar refractivity (Wildman–Crippen MR) is 94.4 cm³/mol. The first kappa shape index (κ1) is 15.1. The van der Waals surface area contributed by atoms with Gasteiger partial charge in [0.1, 0.15) is 6.54 Å². The van der Waals surface area contributed by atoms with Crippen LogP contribution in [0.4, 0.5) is 10.5 Å². The molecule has 0 aromatic heterocycles. The summed E-state index contributed by atoms with van der Waals surface area (Å²) in [5, 5.41) is 3.69. The highest BCUT2D eigenvalue weighted by Crippen LogP contribution is 2.52. The van der Waals surface area contributed by atoms with Crippen molar-refractivity contribution in [3.8, 4) is 0 Å². The van der Waals surface area contributed by atoms with E-state index in [2.05, 4.69) is 23.5 Å². The van der Waals surface area contributed by atoms with E-state index in [1.807, 2.05) is 6.21 Å². The van der Waals surface area contributed by atoms with Gasteiger partial charge in [0.25, 0.3) is 0 Å². The average molecular weight is 338 g/mol. The molecule has 0 saturated carbocycles. The van der Waals surface area contributed by atoms with Gasteiger partial charge in [-0.15, -0.1) is 0 Å². The molecule has 1 N–H and O–H groups in total. The van der Waals surface area contributed by atoms with Crippen LogP contribution in [0.1, 0.15) is 36.3 Å². The molecule has 6 nitrogen and oxygen atoms in total. The highest BCUT2D eigenvalue weighted by molar-refractivity contribution is 6.02. The van der Waals surface area contributed by atoms with Crippen molar-refractivity contribution >= 4 is 23.8 Å². The number of nitrogens with one attached hydrogen (secondary N) is 1. The molecule has 2 saturated heterocycles. The number of piperidine rings is 1. The maximum atomic E-state index is 12.4. The van der Waals surface area contributed by atoms with E-state index >= 15 is 0 Å². The van der Waals surface area contributed by atoms with Gasteiger partial charge in [0.05, 0.1) is 11.1 Å². The lowest BCUT2D eigenvalue weighted by Gasteiger charge is -2.46. The number of rotatable bonds is 2. The van der Waals surface area contributed by atoms with Crippen LogP contribution >= 0.6 is 0 Å². The fourth-order valence-corrected chi connectivity index (χ4v) is 5.17. The Morgan fingerprint density at radius 3 is 3.04 bits per heavy atom. The van der Waals surface area contributed by atoms with E-state index in [1.165, 1.54) is 28.9 Å². The molecule has 2 fully saturated rings. The molecule has 1 unspecified atom stereocenters. The number of carbonyl (C=O) groups is 2. The highest BCUT2D eigenvalue weighted by Gasteiger charge is 2.50. The minimum Gasteiger partial charge on any atom is -0.314 e. The first-order valence-corrected chi connectivity index (χ1v) is 9.06. The number of likely N-dealkylation sites (N-methyl/N-ethyl adjacent to an activating group) is 1. The van der Waals surface area contributed by atoms with Crippen LogP contribution in [0.15, 0.2) is 23.2 Å². The van der Waals surface area contributed by atoms with Crippen LogP contribution in [0.2, 0.25) is 0 Å². The van der Waals surface area contributed by atoms with Crippen LogP contribution in [0.3, 0.4) is 0 Å². The summed E-state index contributed by atoms with van der Waals surface area (Å²) in [5.74, 6) is 0.395. The van der Waals surface area contributed by atoms with E-state index in [-0.39, 0.29) is 23.9 Å². The molecule has 3 amide bonds. The summed E-state index contributed by atoms with van der Waals surface area (Å²) in [4.78, 5) is 32.0. The number of benzene rings is 1. The molecule has 3 heterocycles. The predicted octanol–water partition coefficient (Wildman–Crippen LogP) is 1.77. The number of fused-ring (bicyclic) bond motifs is 2. The van der Waals surface area contributed by atoms with Crippen molar-refractivity contribution in [3.05, 3.63) is 29.3 Å². The summed E-state index contributed by atoms with van der Waals surface area (Å²) in [6, 6.07) is 6.60. The van der Waals surface area contributed by atoms with Gasteiger partial charge in [-0.05, 0) is 48.9 Å². The number of nitrogens with zero attached hydrogens (tertiary/aromatic N) is 3. The summed E-state index contributed by atoms with van der Waals surface area (Å²) in [7, 11) is 1.56. The zero-order valence-electron chi connectivity index (χ0n) is 14.4. The highest BCUT2D eigenvalue weighted by atomic mass is 16.2. The van der Waals surface area contributed by atoms with E-state index in [0.717, 1.165) is 18.7 Å². The molecule has 5 rings (SSSR count). The quantitative estimate of drug-likeness (QED) is 0.836. The average Bonchev–Trinajstić information content (AvgIpc) is 3.10. The van der Waals surface area contributed by atoms with Crippen LogP contribution in [-0.2, 0) is 10.2 Å². The SMILES string of the molecule is CN1C(=O)CN(CC23C=Nc4cccc(c42)[C@H]2CCCN[C@@H]2C3)C1=O. The monoisotopic (exact) mass is 338 g/mol. The van der Waals surface area contributed by atoms with Gasteiger partial charge in [-0.25, -0.2) is 4.79 Å². The van der Waals surface area contributed by atoms with E-state index in [1.54, 1.807) is 11.9 Å². The first-order valence-electron chi connectivity index (χ1n) is 9.06. The first-order chi connectivity index (χ1) is 12.1. The second-order valence-corrected chi connectivity index (χ2v) is 7.76. The molecule has 1 aromatic rings. The second-order valence-electron chi connectivity index (χ2n) is 7.76. The number of hydrogen-bond acceptors (Lipinski definition) is 4. The van der Waals surface area contributed by atoms with Crippen LogP contribution in [0, 0.1) is 0 Å². The number of aliphatic imine (C=N–C) groups is 1. The lowest BCUT2D eigenvalue weighted by molar-refractivity contribution is -0.124. The van der Waals surface area contributed by atoms with Crippen LogP contribution < -0.4 is 5.32 Å². The fraction of sp³-hybridized carbons (Fsp3) is 0.526. The third-order valence-corrected chi connectivity index (χ3v) is 6.32. The number of carbonyl (C=O) groups excluding carboxylic acids is 2. The van der Waals surface area contributed by atoms with Crippen molar-refractivity contribution in [1.29, 1.82) is 0 Å². The van der Waals surface area contributed by atoms with Crippen LogP contribution in [-0.4, -0.2) is 60.7 Å². The van der Waals surface area contributed by atoms with Crippen LogP contribution in [0.25, 0.3) is 0 Å². The van der Waals surface area contributed by atoms with Gasteiger partial charge in [-0.3, -0.25) is 14.7 Å². The van der Waals surface area contributed by atoms with Gasteiger partial charge in [0, 0.05) is 25.8 Å². The van der Waals surface area contributed by atoms with Gasteiger partial charge in [-0.2, -0.15) is 0 Å². The van der Waals surface area contributed by atoms with Gasteiger partial charge >= 0.3 is 6.03 Å². The Balaban J connectivity index is 1.57. The molecule has 25 heavy (non-hydrogen) atoms. The van der Waals surface area contributed by atoms with Gasteiger partial charge in [0.2, 0.25) is 5.91 Å². The van der Waals surface area contributed by atoms with Crippen LogP contribution in [0.5, 0.6) is 0 Å². The minimum atomic E-state index is -0.279. The second kappa shape index (κ2) is 5.14. The van der Waals surface area contributed by atoms with Gasteiger partial charge in [-0.1, -0.05) is 12.1 Å². The molecule has 0 radical (unpaired) electrons. The van der Waals surface area contributed by atoms with Crippen molar-refractivity contribution in [1.82, 2.24) is 15.1 Å². The third-order valence-electron chi connectivity index (χ3n) is 6.32. The largest absolute Gasteiger partial charge is 0.326 e. The smallest absolute Gasteiger partial charge is 0.314 e. The Bertz CT molecular complexity index is 805. The molecular formula is C19H22N4O2. The van der Waals surface area contributed by atoms with Crippen molar-refractivity contribution in [2.24, 2.45) is 4.99 Å². The Kier molecular flexibility index (Phi) is 3.10. The van der Waals surface area contributed by atoms with Crippen molar-refractivity contribution < 1.29 is 9.59 Å². The molecule has 6 heteroatoms. The van der Waals surface area contributed by atoms with Crippen molar-refractivity contribution in [2.45, 2.75) is 36.6 Å². The Labute approximate surface area is 146 Å². The molecule has 130 valence electrons. The Morgan fingerprint density at radius 2 is 2.24 bits per heavy atom. The molecule has 3 atom stereocenters. The Hall–Kier alpha value is -2.21. The van der Waals surface area contributed by atoms with Gasteiger partial charge < -0.3 is 10.2 Å². The van der Waals surface area contributed by atoms with E-state index < -0.39 is 0 Å². The van der Waals surface area contributed by atoms with Crippen molar-refractivity contribution in [2.75, 3.05) is 26.7 Å². The maximum Gasteiger partial charge on any atom is 0.326 e. The van der Waals surface area contributed by atoms with E-state index in [4.69, 9.17) is 4.99 Å². The maximum absolute atomic E-state index is 12.4. The molecule has 1 aromatic carbocycles. The molecule has 4 aliphatic rings. The molecule has 3 aliphatic heterocycles. The summed E-state index contributed by atoms with van der Waals surface area (Å²) < 4.78 is 0. The zero-order chi connectivity index (χ0) is 17.2. The van der Waals surface area contributed by atoms with E-state index in [9.17, 15) is 9.59 Å². The van der Waals surface area contributed by atoms with E-state index in [0.29, 0.717) is 18.5 Å². The Morgan fingerprint density at radius 1 is 1.36 bits per heavy atom. The summed E-state index contributed by atoms with van der Waals surface area (Å²) in [5.41, 5.74) is 3.42. The third kappa shape index (κ3) is 2.03. The number of amides is 3. The lowest BCUT2D eigenvalue weighted by Crippen LogP contribution is -2.53. The molecule has 1 aliphatic carbocycles. The summed E-state index contributed by atoms with van der Waals surface area (Å²) in [6.07, 6.45) is 5.37. The summed E-state index contributed by atoms with van der Waals surface area (Å²) >= 11 is 0. The number of imide groups is 1.